The molecule has 8 heteroatoms. The normalized spacial score (nSPS) is 12.0. The Morgan fingerprint density at radius 3 is 2.68 bits per heavy atom. The minimum Gasteiger partial charge on any atom is -0.454 e. The van der Waals surface area contributed by atoms with E-state index in [0.29, 0.717) is 11.5 Å². The van der Waals surface area contributed by atoms with Crippen LogP contribution < -0.4 is 26.3 Å². The maximum absolute atomic E-state index is 11.9. The van der Waals surface area contributed by atoms with Gasteiger partial charge in [-0.25, -0.2) is 4.79 Å². The number of rotatable bonds is 4. The summed E-state index contributed by atoms with van der Waals surface area (Å²) in [4.78, 5) is 22.2. The van der Waals surface area contributed by atoms with Gasteiger partial charge in [0.15, 0.2) is 11.5 Å². The Morgan fingerprint density at radius 1 is 1.32 bits per heavy atom. The van der Waals surface area contributed by atoms with Gasteiger partial charge in [-0.3, -0.25) is 4.79 Å². The Morgan fingerprint density at radius 2 is 2.00 bits per heavy atom. The molecule has 1 aromatic carbocycles. The lowest BCUT2D eigenvalue weighted by molar-refractivity contribution is 0.0937. The van der Waals surface area contributed by atoms with Gasteiger partial charge in [0.25, 0.3) is 5.91 Å². The number of fused-ring (bicyclic) bond motifs is 1. The monoisotopic (exact) mass is 267 g/mol. The van der Waals surface area contributed by atoms with Gasteiger partial charge in [0.2, 0.25) is 6.79 Å². The summed E-state index contributed by atoms with van der Waals surface area (Å²) in [6, 6.07) is 3.03. The predicted molar refractivity (Wildman–Crippen MR) is 64.8 cm³/mol. The van der Waals surface area contributed by atoms with Gasteiger partial charge in [0, 0.05) is 11.8 Å². The first-order chi connectivity index (χ1) is 9.08. The molecule has 5 N–H and O–H groups in total. The van der Waals surface area contributed by atoms with Gasteiger partial charge in [-0.1, -0.05) is 0 Å². The average Bonchev–Trinajstić information content (AvgIpc) is 2.80. The molecule has 1 aliphatic rings. The van der Waals surface area contributed by atoms with Crippen LogP contribution in [-0.2, 0) is 4.74 Å². The maximum atomic E-state index is 11.9. The zero-order valence-electron chi connectivity index (χ0n) is 9.97. The van der Waals surface area contributed by atoms with E-state index < -0.39 is 12.0 Å². The summed E-state index contributed by atoms with van der Waals surface area (Å²) in [5.74, 6) is 0.572. The Bertz CT molecular complexity index is 517. The molecule has 0 unspecified atom stereocenters. The number of benzene rings is 1. The highest BCUT2D eigenvalue weighted by molar-refractivity contribution is 6.00. The van der Waals surface area contributed by atoms with Crippen molar-refractivity contribution in [1.82, 2.24) is 5.32 Å². The van der Waals surface area contributed by atoms with Gasteiger partial charge >= 0.3 is 6.09 Å². The van der Waals surface area contributed by atoms with Gasteiger partial charge in [0.05, 0.1) is 12.1 Å². The van der Waals surface area contributed by atoms with Crippen molar-refractivity contribution in [2.75, 3.05) is 25.7 Å². The van der Waals surface area contributed by atoms with Crippen LogP contribution in [0.4, 0.5) is 10.5 Å². The first-order valence-electron chi connectivity index (χ1n) is 5.47. The van der Waals surface area contributed by atoms with Crippen molar-refractivity contribution in [2.24, 2.45) is 5.73 Å². The van der Waals surface area contributed by atoms with E-state index in [9.17, 15) is 9.59 Å². The zero-order valence-corrected chi connectivity index (χ0v) is 9.97. The smallest absolute Gasteiger partial charge is 0.404 e. The van der Waals surface area contributed by atoms with E-state index in [-0.39, 0.29) is 31.2 Å². The Labute approximate surface area is 108 Å². The minimum atomic E-state index is -0.892. The van der Waals surface area contributed by atoms with Crippen molar-refractivity contribution < 1.29 is 23.8 Å². The third kappa shape index (κ3) is 2.97. The van der Waals surface area contributed by atoms with Gasteiger partial charge in [-0.15, -0.1) is 0 Å². The molecule has 102 valence electrons. The molecule has 0 radical (unpaired) electrons. The quantitative estimate of drug-likeness (QED) is 0.513. The summed E-state index contributed by atoms with van der Waals surface area (Å²) < 4.78 is 14.8. The van der Waals surface area contributed by atoms with Crippen molar-refractivity contribution in [3.05, 3.63) is 17.7 Å². The maximum Gasteiger partial charge on any atom is 0.404 e. The number of ether oxygens (including phenoxy) is 3. The first kappa shape index (κ1) is 12.8. The molecule has 2 rings (SSSR count). The number of hydrogen-bond acceptors (Lipinski definition) is 6. The van der Waals surface area contributed by atoms with E-state index in [1.165, 1.54) is 12.1 Å². The second-order valence-corrected chi connectivity index (χ2v) is 3.72. The first-order valence-corrected chi connectivity index (χ1v) is 5.47. The number of primary amides is 1. The molecular weight excluding hydrogens is 254 g/mol. The minimum absolute atomic E-state index is 0.00840. The molecule has 19 heavy (non-hydrogen) atoms. The highest BCUT2D eigenvalue weighted by atomic mass is 16.7. The molecule has 0 aliphatic carbocycles. The molecular formula is C11H13N3O5. The number of carbonyl (C=O) groups is 2. The lowest BCUT2D eigenvalue weighted by Gasteiger charge is -2.08. The number of hydrogen-bond donors (Lipinski definition) is 3. The second-order valence-electron chi connectivity index (χ2n) is 3.72. The summed E-state index contributed by atoms with van der Waals surface area (Å²) in [5.41, 5.74) is 11.1. The largest absolute Gasteiger partial charge is 0.454 e. The molecule has 1 heterocycles. The van der Waals surface area contributed by atoms with Crippen molar-refractivity contribution >= 4 is 17.7 Å². The Balaban J connectivity index is 1.97. The Hall–Kier alpha value is -2.64. The van der Waals surface area contributed by atoms with E-state index >= 15 is 0 Å². The van der Waals surface area contributed by atoms with Crippen LogP contribution in [0, 0.1) is 0 Å². The number of amides is 2. The van der Waals surface area contributed by atoms with Gasteiger partial charge in [0.1, 0.15) is 6.61 Å². The number of nitrogens with two attached hydrogens (primary N) is 2. The number of nitrogens with one attached hydrogen (secondary N) is 1. The van der Waals surface area contributed by atoms with Crippen LogP contribution in [0.2, 0.25) is 0 Å². The SMILES string of the molecule is NC(=O)OCCNC(=O)c1cc2c(cc1N)OCO2. The highest BCUT2D eigenvalue weighted by Gasteiger charge is 2.19. The van der Waals surface area contributed by atoms with Crippen molar-refractivity contribution in [3.63, 3.8) is 0 Å². The molecule has 1 aromatic rings. The lowest BCUT2D eigenvalue weighted by Crippen LogP contribution is -2.29. The van der Waals surface area contributed by atoms with Crippen LogP contribution in [0.15, 0.2) is 12.1 Å². The van der Waals surface area contributed by atoms with Crippen LogP contribution in [-0.4, -0.2) is 31.9 Å². The lowest BCUT2D eigenvalue weighted by atomic mass is 10.1. The molecule has 0 bridgehead atoms. The molecule has 1 aliphatic heterocycles. The van der Waals surface area contributed by atoms with Crippen molar-refractivity contribution in [3.8, 4) is 11.5 Å². The Kier molecular flexibility index (Phi) is 3.60. The highest BCUT2D eigenvalue weighted by Crippen LogP contribution is 2.35. The van der Waals surface area contributed by atoms with E-state index in [0.717, 1.165) is 0 Å². The van der Waals surface area contributed by atoms with Crippen molar-refractivity contribution in [1.29, 1.82) is 0 Å². The number of anilines is 1. The van der Waals surface area contributed by atoms with Crippen molar-refractivity contribution in [2.45, 2.75) is 0 Å². The average molecular weight is 267 g/mol. The van der Waals surface area contributed by atoms with Crippen LogP contribution in [0.3, 0.4) is 0 Å². The fourth-order valence-corrected chi connectivity index (χ4v) is 1.57. The summed E-state index contributed by atoms with van der Waals surface area (Å²) >= 11 is 0. The summed E-state index contributed by atoms with van der Waals surface area (Å²) in [7, 11) is 0. The van der Waals surface area contributed by atoms with E-state index in [1.807, 2.05) is 0 Å². The summed E-state index contributed by atoms with van der Waals surface area (Å²) in [6.45, 7) is 0.230. The molecule has 0 aromatic heterocycles. The molecule has 2 amide bonds. The van der Waals surface area contributed by atoms with Crippen LogP contribution >= 0.6 is 0 Å². The summed E-state index contributed by atoms with van der Waals surface area (Å²) in [5, 5.41) is 2.54. The topological polar surface area (TPSA) is 126 Å². The van der Waals surface area contributed by atoms with Gasteiger partial charge in [-0.2, -0.15) is 0 Å². The molecule has 0 fully saturated rings. The fourth-order valence-electron chi connectivity index (χ4n) is 1.57. The summed E-state index contributed by atoms with van der Waals surface area (Å²) in [6.07, 6.45) is -0.892. The third-order valence-electron chi connectivity index (χ3n) is 2.42. The van der Waals surface area contributed by atoms with E-state index in [4.69, 9.17) is 20.9 Å². The predicted octanol–water partition coefficient (Wildman–Crippen LogP) is -0.177. The van der Waals surface area contributed by atoms with Gasteiger partial charge in [-0.05, 0) is 6.07 Å². The number of carbonyl (C=O) groups excluding carboxylic acids is 2. The standard InChI is InChI=1S/C11H13N3O5/c12-7-4-9-8(18-5-19-9)3-6(7)10(15)14-1-2-17-11(13)16/h3-4H,1-2,5,12H2,(H2,13,16)(H,14,15). The fraction of sp³-hybridized carbons (Fsp3) is 0.273. The van der Waals surface area contributed by atoms with Crippen LogP contribution in [0.25, 0.3) is 0 Å². The molecule has 0 saturated carbocycles. The van der Waals surface area contributed by atoms with Gasteiger partial charge < -0.3 is 31.0 Å². The molecule has 0 atom stereocenters. The van der Waals surface area contributed by atoms with Crippen LogP contribution in [0.1, 0.15) is 10.4 Å². The zero-order chi connectivity index (χ0) is 13.8. The van der Waals surface area contributed by atoms with E-state index in [1.54, 1.807) is 0 Å². The second kappa shape index (κ2) is 5.34. The molecule has 0 saturated heterocycles. The third-order valence-corrected chi connectivity index (χ3v) is 2.42. The number of nitrogen functional groups attached to an aromatic ring is 1. The van der Waals surface area contributed by atoms with Crippen LogP contribution in [0.5, 0.6) is 11.5 Å². The van der Waals surface area contributed by atoms with E-state index in [2.05, 4.69) is 10.1 Å². The molecule has 8 nitrogen and oxygen atoms in total. The molecule has 0 spiro atoms.